The average molecular weight is 259 g/mol. The Bertz CT molecular complexity index is 442. The number of morpholine rings is 1. The molecule has 1 fully saturated rings. The topological polar surface area (TPSA) is 62.3 Å². The van der Waals surface area contributed by atoms with Crippen molar-refractivity contribution in [1.29, 1.82) is 5.26 Å². The zero-order valence-corrected chi connectivity index (χ0v) is 11.4. The van der Waals surface area contributed by atoms with E-state index >= 15 is 0 Å². The normalized spacial score (nSPS) is 23.5. The van der Waals surface area contributed by atoms with Crippen molar-refractivity contribution in [2.45, 2.75) is 24.9 Å². The number of hydrogen-bond donors (Lipinski definition) is 1. The van der Waals surface area contributed by atoms with Crippen LogP contribution in [0.1, 0.15) is 18.9 Å². The van der Waals surface area contributed by atoms with Crippen molar-refractivity contribution in [3.8, 4) is 6.07 Å². The van der Waals surface area contributed by atoms with Crippen molar-refractivity contribution in [2.75, 3.05) is 26.3 Å². The first-order chi connectivity index (χ1) is 9.19. The minimum Gasteiger partial charge on any atom is -0.378 e. The van der Waals surface area contributed by atoms with Gasteiger partial charge in [-0.2, -0.15) is 5.26 Å². The molecule has 1 saturated heterocycles. The SMILES string of the molecule is CCC1COCCN1CC(N)(C#N)c1ccccc1. The molecule has 0 amide bonds. The third-order valence-electron chi connectivity index (χ3n) is 3.76. The first kappa shape index (κ1) is 14.0. The summed E-state index contributed by atoms with van der Waals surface area (Å²) in [7, 11) is 0. The molecule has 4 heteroatoms. The second-order valence-corrected chi connectivity index (χ2v) is 5.06. The van der Waals surface area contributed by atoms with E-state index in [4.69, 9.17) is 10.5 Å². The predicted molar refractivity (Wildman–Crippen MR) is 74.4 cm³/mol. The third-order valence-corrected chi connectivity index (χ3v) is 3.76. The maximum atomic E-state index is 9.50. The van der Waals surface area contributed by atoms with E-state index < -0.39 is 5.54 Å². The van der Waals surface area contributed by atoms with Crippen LogP contribution < -0.4 is 5.73 Å². The summed E-state index contributed by atoms with van der Waals surface area (Å²) >= 11 is 0. The quantitative estimate of drug-likeness (QED) is 0.889. The zero-order chi connectivity index (χ0) is 13.7. The van der Waals surface area contributed by atoms with Gasteiger partial charge in [-0.3, -0.25) is 4.90 Å². The molecule has 1 aromatic carbocycles. The van der Waals surface area contributed by atoms with Crippen LogP contribution in [-0.2, 0) is 10.3 Å². The van der Waals surface area contributed by atoms with E-state index in [2.05, 4.69) is 17.9 Å². The van der Waals surface area contributed by atoms with Gasteiger partial charge in [0.1, 0.15) is 5.54 Å². The van der Waals surface area contributed by atoms with Gasteiger partial charge in [0.25, 0.3) is 0 Å². The van der Waals surface area contributed by atoms with Gasteiger partial charge in [0, 0.05) is 19.1 Å². The van der Waals surface area contributed by atoms with Gasteiger partial charge in [-0.05, 0) is 12.0 Å². The van der Waals surface area contributed by atoms with Gasteiger partial charge in [-0.1, -0.05) is 37.3 Å². The molecule has 1 aliphatic heterocycles. The van der Waals surface area contributed by atoms with E-state index in [1.165, 1.54) is 0 Å². The molecular weight excluding hydrogens is 238 g/mol. The smallest absolute Gasteiger partial charge is 0.142 e. The Labute approximate surface area is 114 Å². The van der Waals surface area contributed by atoms with Crippen LogP contribution in [0.2, 0.25) is 0 Å². The first-order valence-corrected chi connectivity index (χ1v) is 6.77. The van der Waals surface area contributed by atoms with Crippen LogP contribution in [0, 0.1) is 11.3 Å². The molecule has 102 valence electrons. The lowest BCUT2D eigenvalue weighted by molar-refractivity contribution is -0.0148. The number of benzene rings is 1. The van der Waals surface area contributed by atoms with Crippen LogP contribution >= 0.6 is 0 Å². The number of nitrogens with zero attached hydrogens (tertiary/aromatic N) is 2. The second-order valence-electron chi connectivity index (χ2n) is 5.06. The fourth-order valence-corrected chi connectivity index (χ4v) is 2.52. The first-order valence-electron chi connectivity index (χ1n) is 6.77. The van der Waals surface area contributed by atoms with Crippen molar-refractivity contribution in [3.63, 3.8) is 0 Å². The number of hydrogen-bond acceptors (Lipinski definition) is 4. The van der Waals surface area contributed by atoms with E-state index in [0.717, 1.165) is 25.1 Å². The zero-order valence-electron chi connectivity index (χ0n) is 11.4. The molecule has 19 heavy (non-hydrogen) atoms. The lowest BCUT2D eigenvalue weighted by atomic mass is 9.91. The van der Waals surface area contributed by atoms with Gasteiger partial charge in [0.15, 0.2) is 0 Å². The van der Waals surface area contributed by atoms with E-state index in [1.807, 2.05) is 30.3 Å². The number of ether oxygens (including phenoxy) is 1. The van der Waals surface area contributed by atoms with Crippen LogP contribution in [0.4, 0.5) is 0 Å². The highest BCUT2D eigenvalue weighted by Gasteiger charge is 2.33. The van der Waals surface area contributed by atoms with Gasteiger partial charge in [-0.25, -0.2) is 0 Å². The summed E-state index contributed by atoms with van der Waals surface area (Å²) in [6, 6.07) is 12.3. The number of rotatable bonds is 4. The van der Waals surface area contributed by atoms with E-state index in [9.17, 15) is 5.26 Å². The highest BCUT2D eigenvalue weighted by Crippen LogP contribution is 2.21. The molecule has 2 N–H and O–H groups in total. The Balaban J connectivity index is 2.16. The van der Waals surface area contributed by atoms with E-state index in [-0.39, 0.29) is 0 Å². The average Bonchev–Trinajstić information content (AvgIpc) is 2.48. The van der Waals surface area contributed by atoms with Crippen LogP contribution in [0.15, 0.2) is 30.3 Å². The lowest BCUT2D eigenvalue weighted by Gasteiger charge is -2.38. The molecule has 1 heterocycles. The summed E-state index contributed by atoms with van der Waals surface area (Å²) in [6.45, 7) is 4.97. The van der Waals surface area contributed by atoms with Crippen molar-refractivity contribution >= 4 is 0 Å². The fraction of sp³-hybridized carbons (Fsp3) is 0.533. The Hall–Kier alpha value is -1.41. The predicted octanol–water partition coefficient (Wildman–Crippen LogP) is 1.47. The summed E-state index contributed by atoms with van der Waals surface area (Å²) in [5.41, 5.74) is 6.24. The van der Waals surface area contributed by atoms with Crippen LogP contribution in [-0.4, -0.2) is 37.2 Å². The molecule has 0 aliphatic carbocycles. The van der Waals surface area contributed by atoms with Crippen LogP contribution in [0.25, 0.3) is 0 Å². The van der Waals surface area contributed by atoms with Crippen LogP contribution in [0.3, 0.4) is 0 Å². The Morgan fingerprint density at radius 2 is 2.21 bits per heavy atom. The Kier molecular flexibility index (Phi) is 4.54. The molecule has 0 bridgehead atoms. The largest absolute Gasteiger partial charge is 0.378 e. The van der Waals surface area contributed by atoms with Crippen molar-refractivity contribution in [1.82, 2.24) is 4.90 Å². The summed E-state index contributed by atoms with van der Waals surface area (Å²) in [4.78, 5) is 2.28. The summed E-state index contributed by atoms with van der Waals surface area (Å²) in [5, 5.41) is 9.50. The number of nitrogens with two attached hydrogens (primary N) is 1. The summed E-state index contributed by atoms with van der Waals surface area (Å²) < 4.78 is 5.49. The fourth-order valence-electron chi connectivity index (χ4n) is 2.52. The van der Waals surface area contributed by atoms with E-state index in [0.29, 0.717) is 19.2 Å². The molecule has 1 aromatic rings. The minimum absolute atomic E-state index is 0.355. The molecule has 0 spiro atoms. The summed E-state index contributed by atoms with van der Waals surface area (Å²) in [6.07, 6.45) is 1.01. The molecule has 2 unspecified atom stereocenters. The molecule has 2 rings (SSSR count). The third kappa shape index (κ3) is 3.13. The monoisotopic (exact) mass is 259 g/mol. The van der Waals surface area contributed by atoms with Crippen molar-refractivity contribution in [3.05, 3.63) is 35.9 Å². The standard InChI is InChI=1S/C15H21N3O/c1-2-14-10-19-9-8-18(14)12-15(17,11-16)13-6-4-3-5-7-13/h3-7,14H,2,8-10,12,17H2,1H3. The van der Waals surface area contributed by atoms with Gasteiger partial charge in [0.05, 0.1) is 19.3 Å². The molecule has 0 aromatic heterocycles. The number of nitriles is 1. The Morgan fingerprint density at radius 1 is 1.47 bits per heavy atom. The minimum atomic E-state index is -0.952. The molecule has 4 nitrogen and oxygen atoms in total. The maximum absolute atomic E-state index is 9.50. The van der Waals surface area contributed by atoms with Gasteiger partial charge >= 0.3 is 0 Å². The van der Waals surface area contributed by atoms with Gasteiger partial charge in [-0.15, -0.1) is 0 Å². The Morgan fingerprint density at radius 3 is 2.84 bits per heavy atom. The van der Waals surface area contributed by atoms with Gasteiger partial charge in [0.2, 0.25) is 0 Å². The van der Waals surface area contributed by atoms with Crippen molar-refractivity contribution < 1.29 is 4.74 Å². The lowest BCUT2D eigenvalue weighted by Crippen LogP contribution is -2.54. The second kappa shape index (κ2) is 6.16. The van der Waals surface area contributed by atoms with Crippen molar-refractivity contribution in [2.24, 2.45) is 5.73 Å². The molecular formula is C15H21N3O. The van der Waals surface area contributed by atoms with Gasteiger partial charge < -0.3 is 10.5 Å². The molecule has 0 saturated carbocycles. The highest BCUT2D eigenvalue weighted by atomic mass is 16.5. The summed E-state index contributed by atoms with van der Waals surface area (Å²) in [5.74, 6) is 0. The molecule has 2 atom stereocenters. The molecule has 0 radical (unpaired) electrons. The van der Waals surface area contributed by atoms with E-state index in [1.54, 1.807) is 0 Å². The van der Waals surface area contributed by atoms with Crippen LogP contribution in [0.5, 0.6) is 0 Å². The molecule has 1 aliphatic rings. The maximum Gasteiger partial charge on any atom is 0.142 e. The highest BCUT2D eigenvalue weighted by molar-refractivity contribution is 5.31.